The minimum atomic E-state index is -0.399. The molecule has 40 heavy (non-hydrogen) atoms. The standard InChI is InChI=1S/C30H29N3O7/c1-17-10-24(34)30-29(39-17)22(28(40-30)19-6-8-21(38-2)9-7-19)12-25(35)31-13-27(37)32-14-18-11-20(16-32)23-4-3-5-26(36)33(23)15-18/h3-10,18,20H,11-16H2,1-2H3,(H,31,35)/t18-,20+/m1/s1. The van der Waals surface area contributed by atoms with Gasteiger partial charge in [0.1, 0.15) is 17.3 Å². The van der Waals surface area contributed by atoms with Gasteiger partial charge in [0.15, 0.2) is 5.58 Å². The van der Waals surface area contributed by atoms with Crippen LogP contribution in [0.1, 0.15) is 29.4 Å². The predicted molar refractivity (Wildman–Crippen MR) is 146 cm³/mol. The van der Waals surface area contributed by atoms with Gasteiger partial charge in [-0.1, -0.05) is 6.07 Å². The number of pyridine rings is 1. The summed E-state index contributed by atoms with van der Waals surface area (Å²) in [5.74, 6) is 1.12. The Morgan fingerprint density at radius 3 is 2.60 bits per heavy atom. The molecule has 10 nitrogen and oxygen atoms in total. The van der Waals surface area contributed by atoms with Gasteiger partial charge < -0.3 is 28.4 Å². The third-order valence-electron chi connectivity index (χ3n) is 7.74. The third-order valence-corrected chi connectivity index (χ3v) is 7.74. The summed E-state index contributed by atoms with van der Waals surface area (Å²) < 4.78 is 18.8. The van der Waals surface area contributed by atoms with Crippen LogP contribution < -0.4 is 21.0 Å². The predicted octanol–water partition coefficient (Wildman–Crippen LogP) is 2.84. The van der Waals surface area contributed by atoms with Crippen LogP contribution in [0.2, 0.25) is 0 Å². The SMILES string of the molecule is COc1ccc(-c2oc3c(=O)cc(C)oc3c2CC(=O)NCC(=O)N2C[C@H]3C[C@@H](C2)c2cccc(=O)n2C3)cc1. The average Bonchev–Trinajstić information content (AvgIpc) is 3.30. The number of carbonyl (C=O) groups is 2. The second-order valence-electron chi connectivity index (χ2n) is 10.5. The second kappa shape index (κ2) is 10.2. The number of carbonyl (C=O) groups excluding carboxylic acids is 2. The molecule has 1 N–H and O–H groups in total. The van der Waals surface area contributed by atoms with Gasteiger partial charge in [0.25, 0.3) is 5.56 Å². The van der Waals surface area contributed by atoms with Crippen molar-refractivity contribution in [1.29, 1.82) is 0 Å². The number of fused-ring (bicyclic) bond motifs is 5. The molecule has 1 saturated heterocycles. The molecule has 6 rings (SSSR count). The van der Waals surface area contributed by atoms with Crippen molar-refractivity contribution in [2.45, 2.75) is 32.2 Å². The zero-order valence-electron chi connectivity index (χ0n) is 22.3. The number of benzene rings is 1. The van der Waals surface area contributed by atoms with Gasteiger partial charge in [-0.25, -0.2) is 0 Å². The summed E-state index contributed by atoms with van der Waals surface area (Å²) >= 11 is 0. The van der Waals surface area contributed by atoms with Crippen LogP contribution in [0.3, 0.4) is 0 Å². The summed E-state index contributed by atoms with van der Waals surface area (Å²) in [6, 6.07) is 13.7. The largest absolute Gasteiger partial charge is 0.497 e. The molecule has 0 radical (unpaired) electrons. The fourth-order valence-electron chi connectivity index (χ4n) is 5.91. The van der Waals surface area contributed by atoms with Crippen LogP contribution >= 0.6 is 0 Å². The van der Waals surface area contributed by atoms with Crippen LogP contribution in [0.5, 0.6) is 5.75 Å². The quantitative estimate of drug-likeness (QED) is 0.397. The molecule has 2 amide bonds. The fourth-order valence-corrected chi connectivity index (χ4v) is 5.91. The molecule has 10 heteroatoms. The number of methoxy groups -OCH3 is 1. The van der Waals surface area contributed by atoms with E-state index in [1.807, 2.05) is 10.6 Å². The van der Waals surface area contributed by atoms with E-state index in [1.165, 1.54) is 6.07 Å². The first-order valence-corrected chi connectivity index (χ1v) is 13.3. The van der Waals surface area contributed by atoms with Gasteiger partial charge >= 0.3 is 0 Å². The van der Waals surface area contributed by atoms with Crippen molar-refractivity contribution in [2.24, 2.45) is 5.92 Å². The lowest BCUT2D eigenvalue weighted by Crippen LogP contribution is -2.51. The van der Waals surface area contributed by atoms with Crippen molar-refractivity contribution in [3.63, 3.8) is 0 Å². The molecule has 0 spiro atoms. The van der Waals surface area contributed by atoms with E-state index in [0.717, 1.165) is 12.1 Å². The zero-order valence-corrected chi connectivity index (χ0v) is 22.3. The Balaban J connectivity index is 1.19. The van der Waals surface area contributed by atoms with E-state index < -0.39 is 5.91 Å². The smallest absolute Gasteiger partial charge is 0.250 e. The molecule has 2 aliphatic heterocycles. The Morgan fingerprint density at radius 1 is 1.02 bits per heavy atom. The molecule has 1 aromatic carbocycles. The van der Waals surface area contributed by atoms with Gasteiger partial charge in [-0.2, -0.15) is 0 Å². The van der Waals surface area contributed by atoms with E-state index in [1.54, 1.807) is 55.3 Å². The number of hydrogen-bond donors (Lipinski definition) is 1. The van der Waals surface area contributed by atoms with Crippen LogP contribution in [0, 0.1) is 12.8 Å². The van der Waals surface area contributed by atoms with Crippen LogP contribution in [-0.4, -0.2) is 48.0 Å². The molecule has 0 aliphatic carbocycles. The number of rotatable bonds is 6. The molecule has 2 aliphatic rings. The number of hydrogen-bond acceptors (Lipinski definition) is 7. The lowest BCUT2D eigenvalue weighted by atomic mass is 9.83. The summed E-state index contributed by atoms with van der Waals surface area (Å²) in [7, 11) is 1.56. The van der Waals surface area contributed by atoms with Crippen LogP contribution in [0.4, 0.5) is 0 Å². The Bertz CT molecular complexity index is 1730. The van der Waals surface area contributed by atoms with Gasteiger partial charge in [0, 0.05) is 48.9 Å². The number of amides is 2. The molecule has 1 fully saturated rings. The topological polar surface area (TPSA) is 124 Å². The van der Waals surface area contributed by atoms with Crippen molar-refractivity contribution in [2.75, 3.05) is 26.7 Å². The highest BCUT2D eigenvalue weighted by Gasteiger charge is 2.36. The van der Waals surface area contributed by atoms with E-state index in [9.17, 15) is 19.2 Å². The van der Waals surface area contributed by atoms with Gasteiger partial charge in [-0.15, -0.1) is 0 Å². The highest BCUT2D eigenvalue weighted by molar-refractivity contribution is 5.91. The zero-order chi connectivity index (χ0) is 28.0. The Labute approximate surface area is 229 Å². The number of likely N-dealkylation sites (tertiary alicyclic amines) is 1. The van der Waals surface area contributed by atoms with E-state index in [2.05, 4.69) is 5.32 Å². The molecule has 4 aromatic rings. The first kappa shape index (κ1) is 25.7. The van der Waals surface area contributed by atoms with Crippen molar-refractivity contribution < 1.29 is 23.2 Å². The van der Waals surface area contributed by atoms with Crippen LogP contribution in [-0.2, 0) is 22.6 Å². The van der Waals surface area contributed by atoms with E-state index in [4.69, 9.17) is 13.6 Å². The normalized spacial score (nSPS) is 17.9. The molecule has 2 atom stereocenters. The highest BCUT2D eigenvalue weighted by atomic mass is 16.5. The average molecular weight is 544 g/mol. The van der Waals surface area contributed by atoms with Gasteiger partial charge in [-0.05, 0) is 49.6 Å². The van der Waals surface area contributed by atoms with E-state index in [0.29, 0.717) is 48.0 Å². The van der Waals surface area contributed by atoms with Crippen molar-refractivity contribution in [3.05, 3.63) is 86.1 Å². The molecule has 3 aromatic heterocycles. The number of piperidine rings is 1. The van der Waals surface area contributed by atoms with Gasteiger partial charge in [0.05, 0.1) is 25.6 Å². The first-order valence-electron chi connectivity index (χ1n) is 13.3. The molecular formula is C30H29N3O7. The number of nitrogens with one attached hydrogen (secondary N) is 1. The summed E-state index contributed by atoms with van der Waals surface area (Å²) in [5, 5.41) is 2.74. The van der Waals surface area contributed by atoms with Gasteiger partial charge in [0.2, 0.25) is 22.8 Å². The third kappa shape index (κ3) is 4.70. The maximum absolute atomic E-state index is 13.1. The minimum absolute atomic E-state index is 0.00829. The summed E-state index contributed by atoms with van der Waals surface area (Å²) in [4.78, 5) is 52.9. The lowest BCUT2D eigenvalue weighted by molar-refractivity contribution is -0.135. The molecule has 0 unspecified atom stereocenters. The Hall–Kier alpha value is -4.60. The lowest BCUT2D eigenvalue weighted by Gasteiger charge is -2.42. The number of furan rings is 1. The van der Waals surface area contributed by atoms with E-state index in [-0.39, 0.29) is 52.9 Å². The first-order chi connectivity index (χ1) is 19.3. The van der Waals surface area contributed by atoms with Crippen molar-refractivity contribution in [1.82, 2.24) is 14.8 Å². The van der Waals surface area contributed by atoms with Crippen LogP contribution in [0.25, 0.3) is 22.5 Å². The van der Waals surface area contributed by atoms with E-state index >= 15 is 0 Å². The van der Waals surface area contributed by atoms with Gasteiger partial charge in [-0.3, -0.25) is 19.2 Å². The maximum atomic E-state index is 13.1. The second-order valence-corrected chi connectivity index (χ2v) is 10.5. The highest BCUT2D eigenvalue weighted by Crippen LogP contribution is 2.36. The number of ether oxygens (including phenoxy) is 1. The summed E-state index contributed by atoms with van der Waals surface area (Å²) in [6.45, 7) is 3.15. The molecule has 5 heterocycles. The minimum Gasteiger partial charge on any atom is -0.497 e. The fraction of sp³-hybridized carbons (Fsp3) is 0.333. The number of nitrogens with zero attached hydrogens (tertiary/aromatic N) is 2. The maximum Gasteiger partial charge on any atom is 0.250 e. The molecule has 0 saturated carbocycles. The molecular weight excluding hydrogens is 514 g/mol. The van der Waals surface area contributed by atoms with Crippen molar-refractivity contribution >= 4 is 23.0 Å². The number of aryl methyl sites for hydroxylation is 1. The molecule has 206 valence electrons. The number of aromatic nitrogens is 1. The van der Waals surface area contributed by atoms with Crippen molar-refractivity contribution in [3.8, 4) is 17.1 Å². The monoisotopic (exact) mass is 543 g/mol. The Kier molecular flexibility index (Phi) is 6.53. The summed E-state index contributed by atoms with van der Waals surface area (Å²) in [6.07, 6.45) is 0.793. The summed E-state index contributed by atoms with van der Waals surface area (Å²) in [5.41, 5.74) is 1.95. The molecule has 2 bridgehead atoms. The Morgan fingerprint density at radius 2 is 1.82 bits per heavy atom. The van der Waals surface area contributed by atoms with Crippen LogP contribution in [0.15, 0.2) is 67.0 Å².